The van der Waals surface area contributed by atoms with Crippen molar-refractivity contribution in [2.45, 2.75) is 44.6 Å². The molecule has 2 N–H and O–H groups in total. The molecule has 0 aromatic heterocycles. The highest BCUT2D eigenvalue weighted by atomic mass is 16.5. The van der Waals surface area contributed by atoms with E-state index >= 15 is 0 Å². The maximum absolute atomic E-state index is 9.63. The highest BCUT2D eigenvalue weighted by Gasteiger charge is 2.21. The maximum atomic E-state index is 9.63. The van der Waals surface area contributed by atoms with Gasteiger partial charge in [0.25, 0.3) is 0 Å². The molecule has 0 aliphatic heterocycles. The lowest BCUT2D eigenvalue weighted by Crippen LogP contribution is -2.32. The quantitative estimate of drug-likeness (QED) is 0.587. The summed E-state index contributed by atoms with van der Waals surface area (Å²) in [4.78, 5) is 0. The minimum atomic E-state index is -0.333. The Bertz CT molecular complexity index is 190. The summed E-state index contributed by atoms with van der Waals surface area (Å²) in [5.41, 5.74) is 0. The van der Waals surface area contributed by atoms with Gasteiger partial charge in [0, 0.05) is 13.2 Å². The number of hydrogen-bond acceptors (Lipinski definition) is 3. The summed E-state index contributed by atoms with van der Waals surface area (Å²) in [6, 6.07) is 0. The van der Waals surface area contributed by atoms with E-state index in [9.17, 15) is 5.11 Å². The van der Waals surface area contributed by atoms with Crippen LogP contribution in [0.5, 0.6) is 0 Å². The molecule has 1 atom stereocenters. The number of aliphatic hydroxyl groups is 1. The van der Waals surface area contributed by atoms with Crippen molar-refractivity contribution in [2.75, 3.05) is 26.3 Å². The van der Waals surface area contributed by atoms with Crippen LogP contribution < -0.4 is 5.32 Å². The lowest BCUT2D eigenvalue weighted by atomic mass is 9.83. The van der Waals surface area contributed by atoms with E-state index < -0.39 is 0 Å². The predicted molar refractivity (Wildman–Crippen MR) is 64.4 cm³/mol. The van der Waals surface area contributed by atoms with Crippen LogP contribution in [0.2, 0.25) is 0 Å². The Morgan fingerprint density at radius 2 is 2.00 bits per heavy atom. The molecule has 1 unspecified atom stereocenters. The molecule has 3 nitrogen and oxygen atoms in total. The molecule has 94 valence electrons. The van der Waals surface area contributed by atoms with Crippen LogP contribution in [0.3, 0.4) is 0 Å². The van der Waals surface area contributed by atoms with Gasteiger partial charge < -0.3 is 15.2 Å². The Morgan fingerprint density at radius 3 is 2.62 bits per heavy atom. The van der Waals surface area contributed by atoms with Crippen LogP contribution in [0.25, 0.3) is 0 Å². The zero-order valence-electron chi connectivity index (χ0n) is 10.2. The number of aliphatic hydroxyl groups excluding tert-OH is 1. The van der Waals surface area contributed by atoms with E-state index in [0.29, 0.717) is 13.2 Å². The zero-order chi connectivity index (χ0) is 11.2. The predicted octanol–water partition coefficient (Wildman–Crippen LogP) is 1.55. The molecule has 0 aromatic rings. The minimum Gasteiger partial charge on any atom is -0.389 e. The van der Waals surface area contributed by atoms with Crippen molar-refractivity contribution in [1.82, 2.24) is 5.32 Å². The van der Waals surface area contributed by atoms with Crippen molar-refractivity contribution in [1.29, 1.82) is 0 Å². The molecule has 0 saturated heterocycles. The molecule has 0 heterocycles. The van der Waals surface area contributed by atoms with Gasteiger partial charge in [-0.2, -0.15) is 0 Å². The first kappa shape index (κ1) is 12.3. The van der Waals surface area contributed by atoms with Crippen LogP contribution >= 0.6 is 0 Å². The lowest BCUT2D eigenvalue weighted by molar-refractivity contribution is 0.0324. The summed E-state index contributed by atoms with van der Waals surface area (Å²) in [6.07, 6.45) is 7.81. The van der Waals surface area contributed by atoms with Crippen LogP contribution in [0.1, 0.15) is 38.5 Å². The topological polar surface area (TPSA) is 41.5 Å². The van der Waals surface area contributed by atoms with Gasteiger partial charge in [-0.15, -0.1) is 0 Å². The van der Waals surface area contributed by atoms with Gasteiger partial charge >= 0.3 is 0 Å². The van der Waals surface area contributed by atoms with Gasteiger partial charge in [-0.3, -0.25) is 0 Å². The fourth-order valence-electron chi connectivity index (χ4n) is 2.07. The van der Waals surface area contributed by atoms with Gasteiger partial charge in [0.2, 0.25) is 0 Å². The Balaban J connectivity index is 1.36. The molecule has 0 spiro atoms. The van der Waals surface area contributed by atoms with E-state index in [1.165, 1.54) is 38.5 Å². The molecule has 2 saturated carbocycles. The summed E-state index contributed by atoms with van der Waals surface area (Å²) >= 11 is 0. The fourth-order valence-corrected chi connectivity index (χ4v) is 2.07. The first-order chi connectivity index (χ1) is 7.84. The summed E-state index contributed by atoms with van der Waals surface area (Å²) in [5, 5.41) is 12.9. The van der Waals surface area contributed by atoms with Crippen LogP contribution in [0.15, 0.2) is 0 Å². The summed E-state index contributed by atoms with van der Waals surface area (Å²) in [6.45, 7) is 3.06. The zero-order valence-corrected chi connectivity index (χ0v) is 10.2. The average Bonchev–Trinajstić information content (AvgIpc) is 2.98. The molecule has 3 heteroatoms. The van der Waals surface area contributed by atoms with Crippen molar-refractivity contribution >= 4 is 0 Å². The Hall–Kier alpha value is -0.120. The van der Waals surface area contributed by atoms with Crippen molar-refractivity contribution in [3.63, 3.8) is 0 Å². The lowest BCUT2D eigenvalue weighted by Gasteiger charge is -2.25. The number of ether oxygens (including phenoxy) is 1. The van der Waals surface area contributed by atoms with Gasteiger partial charge in [0.1, 0.15) is 0 Å². The van der Waals surface area contributed by atoms with Gasteiger partial charge in [-0.25, -0.2) is 0 Å². The molecule has 2 fully saturated rings. The molecule has 2 aliphatic carbocycles. The van der Waals surface area contributed by atoms with E-state index in [4.69, 9.17) is 4.74 Å². The second-order valence-corrected chi connectivity index (χ2v) is 5.42. The van der Waals surface area contributed by atoms with Crippen molar-refractivity contribution in [3.05, 3.63) is 0 Å². The highest BCUT2D eigenvalue weighted by molar-refractivity contribution is 4.73. The Kier molecular flexibility index (Phi) is 5.07. The molecule has 0 amide bonds. The van der Waals surface area contributed by atoms with E-state index in [1.54, 1.807) is 0 Å². The first-order valence-corrected chi connectivity index (χ1v) is 6.81. The van der Waals surface area contributed by atoms with Crippen LogP contribution in [-0.2, 0) is 4.74 Å². The molecule has 0 aromatic carbocycles. The van der Waals surface area contributed by atoms with E-state index in [-0.39, 0.29) is 6.10 Å². The van der Waals surface area contributed by atoms with Crippen molar-refractivity contribution < 1.29 is 9.84 Å². The molecular weight excluding hydrogens is 202 g/mol. The third-order valence-electron chi connectivity index (χ3n) is 3.69. The Morgan fingerprint density at radius 1 is 1.19 bits per heavy atom. The average molecular weight is 227 g/mol. The molecule has 0 bridgehead atoms. The molecule has 2 aliphatic rings. The smallest absolute Gasteiger partial charge is 0.0897 e. The van der Waals surface area contributed by atoms with Gasteiger partial charge in [0.05, 0.1) is 12.7 Å². The maximum Gasteiger partial charge on any atom is 0.0897 e. The molecule has 0 radical (unpaired) electrons. The highest BCUT2D eigenvalue weighted by Crippen LogP contribution is 2.29. The summed E-state index contributed by atoms with van der Waals surface area (Å²) in [5.74, 6) is 1.74. The standard InChI is InChI=1S/C13H25NO2/c15-13(10-16-9-12-4-5-12)8-14-7-6-11-2-1-3-11/h11-15H,1-10H2. The molecule has 16 heavy (non-hydrogen) atoms. The SMILES string of the molecule is OC(CNCCC1CCC1)COCC1CC1. The fraction of sp³-hybridized carbons (Fsp3) is 1.00. The van der Waals surface area contributed by atoms with Gasteiger partial charge in [-0.1, -0.05) is 19.3 Å². The second kappa shape index (κ2) is 6.58. The minimum absolute atomic E-state index is 0.333. The number of rotatable bonds is 9. The summed E-state index contributed by atoms with van der Waals surface area (Å²) < 4.78 is 5.44. The van der Waals surface area contributed by atoms with Crippen LogP contribution in [0, 0.1) is 11.8 Å². The van der Waals surface area contributed by atoms with Gasteiger partial charge in [0.15, 0.2) is 0 Å². The van der Waals surface area contributed by atoms with E-state index in [0.717, 1.165) is 25.0 Å². The molecule has 2 rings (SSSR count). The molecular formula is C13H25NO2. The van der Waals surface area contributed by atoms with E-state index in [1.807, 2.05) is 0 Å². The third kappa shape index (κ3) is 4.81. The Labute approximate surface area is 98.6 Å². The van der Waals surface area contributed by atoms with Gasteiger partial charge in [-0.05, 0) is 37.6 Å². The second-order valence-electron chi connectivity index (χ2n) is 5.42. The van der Waals surface area contributed by atoms with Crippen molar-refractivity contribution in [3.8, 4) is 0 Å². The summed E-state index contributed by atoms with van der Waals surface area (Å²) in [7, 11) is 0. The van der Waals surface area contributed by atoms with Crippen LogP contribution in [-0.4, -0.2) is 37.5 Å². The van der Waals surface area contributed by atoms with E-state index in [2.05, 4.69) is 5.32 Å². The number of hydrogen-bond donors (Lipinski definition) is 2. The monoisotopic (exact) mass is 227 g/mol. The number of nitrogens with one attached hydrogen (secondary N) is 1. The van der Waals surface area contributed by atoms with Crippen molar-refractivity contribution in [2.24, 2.45) is 11.8 Å². The van der Waals surface area contributed by atoms with Crippen LogP contribution in [0.4, 0.5) is 0 Å². The third-order valence-corrected chi connectivity index (χ3v) is 3.69. The first-order valence-electron chi connectivity index (χ1n) is 6.81. The normalized spacial score (nSPS) is 23.1. The largest absolute Gasteiger partial charge is 0.389 e.